The van der Waals surface area contributed by atoms with Gasteiger partial charge in [0, 0.05) is 16.8 Å². The first-order valence-electron chi connectivity index (χ1n) is 6.08. The van der Waals surface area contributed by atoms with Crippen LogP contribution in [-0.4, -0.2) is 33.3 Å². The summed E-state index contributed by atoms with van der Waals surface area (Å²) in [5, 5.41) is 14.4. The van der Waals surface area contributed by atoms with Gasteiger partial charge in [0.2, 0.25) is 5.89 Å². The zero-order chi connectivity index (χ0) is 13.8. The van der Waals surface area contributed by atoms with Gasteiger partial charge < -0.3 is 15.1 Å². The minimum absolute atomic E-state index is 0.0445. The van der Waals surface area contributed by atoms with E-state index in [4.69, 9.17) is 4.42 Å². The molecule has 1 aromatic heterocycles. The van der Waals surface area contributed by atoms with Crippen LogP contribution in [0.4, 0.5) is 6.01 Å². The Morgan fingerprint density at radius 2 is 1.83 bits per heavy atom. The number of hydrogen-bond donors (Lipinski definition) is 2. The highest BCUT2D eigenvalue weighted by molar-refractivity contribution is 7.99. The first kappa shape index (κ1) is 15.3. The molecule has 0 aliphatic rings. The molecule has 0 aliphatic carbocycles. The molecule has 0 unspecified atom stereocenters. The van der Waals surface area contributed by atoms with Crippen LogP contribution in [0.3, 0.4) is 0 Å². The second-order valence-corrected chi connectivity index (χ2v) is 7.44. The van der Waals surface area contributed by atoms with Crippen molar-refractivity contribution >= 4 is 17.8 Å². The number of anilines is 1. The fourth-order valence-corrected chi connectivity index (χ4v) is 1.31. The molecule has 0 spiro atoms. The number of thioether (sulfide) groups is 1. The molecular formula is C12H24N4OS. The zero-order valence-corrected chi connectivity index (χ0v) is 12.9. The van der Waals surface area contributed by atoms with Gasteiger partial charge in [-0.05, 0) is 40.9 Å². The third kappa shape index (κ3) is 5.73. The number of nitrogens with one attached hydrogen (secondary N) is 2. The standard InChI is InChI=1S/C12H24N4OS/c1-11(2,3)14-7-9-15-16-10(17-9)13-8-12(4,5)18-6/h14H,7-8H2,1-6H3,(H,13,16). The smallest absolute Gasteiger partial charge is 0.315 e. The Morgan fingerprint density at radius 3 is 2.39 bits per heavy atom. The maximum atomic E-state index is 5.51. The van der Waals surface area contributed by atoms with Crippen molar-refractivity contribution in [3.05, 3.63) is 5.89 Å². The van der Waals surface area contributed by atoms with Gasteiger partial charge in [0.25, 0.3) is 0 Å². The molecule has 1 aromatic rings. The van der Waals surface area contributed by atoms with Gasteiger partial charge in [-0.3, -0.25) is 0 Å². The summed E-state index contributed by atoms with van der Waals surface area (Å²) in [5.74, 6) is 0.606. The van der Waals surface area contributed by atoms with Crippen molar-refractivity contribution in [3.63, 3.8) is 0 Å². The number of nitrogens with zero attached hydrogens (tertiary/aromatic N) is 2. The highest BCUT2D eigenvalue weighted by Crippen LogP contribution is 2.21. The van der Waals surface area contributed by atoms with Crippen molar-refractivity contribution in [1.29, 1.82) is 0 Å². The Balaban J connectivity index is 2.44. The molecular weight excluding hydrogens is 248 g/mol. The van der Waals surface area contributed by atoms with Crippen molar-refractivity contribution in [2.24, 2.45) is 0 Å². The summed E-state index contributed by atoms with van der Waals surface area (Å²) in [6.07, 6.45) is 2.09. The Kier molecular flexibility index (Phi) is 5.04. The van der Waals surface area contributed by atoms with Crippen molar-refractivity contribution in [3.8, 4) is 0 Å². The molecule has 0 saturated heterocycles. The molecule has 6 heteroatoms. The predicted molar refractivity (Wildman–Crippen MR) is 77.0 cm³/mol. The van der Waals surface area contributed by atoms with Crippen LogP contribution in [0, 0.1) is 0 Å². The maximum Gasteiger partial charge on any atom is 0.315 e. The molecule has 0 fully saturated rings. The molecule has 1 rings (SSSR count). The summed E-state index contributed by atoms with van der Waals surface area (Å²) < 4.78 is 5.66. The number of rotatable bonds is 6. The van der Waals surface area contributed by atoms with Crippen LogP contribution >= 0.6 is 11.8 Å². The van der Waals surface area contributed by atoms with Crippen molar-refractivity contribution in [1.82, 2.24) is 15.5 Å². The maximum absolute atomic E-state index is 5.51. The first-order valence-corrected chi connectivity index (χ1v) is 7.31. The lowest BCUT2D eigenvalue weighted by atomic mass is 10.1. The van der Waals surface area contributed by atoms with Gasteiger partial charge >= 0.3 is 6.01 Å². The van der Waals surface area contributed by atoms with E-state index in [1.165, 1.54) is 0 Å². The van der Waals surface area contributed by atoms with E-state index in [0.717, 1.165) is 6.54 Å². The highest BCUT2D eigenvalue weighted by Gasteiger charge is 2.17. The van der Waals surface area contributed by atoms with Crippen LogP contribution in [-0.2, 0) is 6.54 Å². The monoisotopic (exact) mass is 272 g/mol. The SMILES string of the molecule is CSC(C)(C)CNc1nnc(CNC(C)(C)C)o1. The second kappa shape index (κ2) is 5.93. The van der Waals surface area contributed by atoms with Crippen LogP contribution in [0.25, 0.3) is 0 Å². The van der Waals surface area contributed by atoms with E-state index in [0.29, 0.717) is 18.5 Å². The summed E-state index contributed by atoms with van der Waals surface area (Å²) in [7, 11) is 0. The molecule has 5 nitrogen and oxygen atoms in total. The Morgan fingerprint density at radius 1 is 1.17 bits per heavy atom. The lowest BCUT2D eigenvalue weighted by molar-refractivity contribution is 0.383. The molecule has 2 N–H and O–H groups in total. The van der Waals surface area contributed by atoms with Gasteiger partial charge in [0.15, 0.2) is 0 Å². The summed E-state index contributed by atoms with van der Waals surface area (Å²) in [5.41, 5.74) is 0.0445. The average Bonchev–Trinajstić information content (AvgIpc) is 2.71. The molecule has 0 bridgehead atoms. The van der Waals surface area contributed by atoms with E-state index in [1.807, 2.05) is 0 Å². The summed E-state index contributed by atoms with van der Waals surface area (Å²) in [4.78, 5) is 0. The summed E-state index contributed by atoms with van der Waals surface area (Å²) in [6.45, 7) is 12.0. The molecule has 0 saturated carbocycles. The molecule has 0 radical (unpaired) electrons. The molecule has 0 aliphatic heterocycles. The molecule has 0 atom stereocenters. The normalized spacial score (nSPS) is 12.8. The van der Waals surface area contributed by atoms with Crippen LogP contribution in [0.1, 0.15) is 40.5 Å². The average molecular weight is 272 g/mol. The minimum Gasteiger partial charge on any atom is -0.407 e. The Bertz CT molecular complexity index is 370. The fourth-order valence-electron chi connectivity index (χ4n) is 1.10. The van der Waals surface area contributed by atoms with Crippen LogP contribution in [0.2, 0.25) is 0 Å². The van der Waals surface area contributed by atoms with E-state index < -0.39 is 0 Å². The lowest BCUT2D eigenvalue weighted by Crippen LogP contribution is -2.35. The number of aromatic nitrogens is 2. The van der Waals surface area contributed by atoms with Gasteiger partial charge in [-0.2, -0.15) is 11.8 Å². The Hall–Kier alpha value is -0.750. The summed E-state index contributed by atoms with van der Waals surface area (Å²) in [6, 6.07) is 0.489. The van der Waals surface area contributed by atoms with Gasteiger partial charge in [-0.25, -0.2) is 0 Å². The Labute approximate surface area is 114 Å². The molecule has 0 aromatic carbocycles. The van der Waals surface area contributed by atoms with Crippen LogP contribution in [0.5, 0.6) is 0 Å². The second-order valence-electron chi connectivity index (χ2n) is 5.92. The topological polar surface area (TPSA) is 63.0 Å². The van der Waals surface area contributed by atoms with E-state index in [1.54, 1.807) is 11.8 Å². The van der Waals surface area contributed by atoms with Crippen molar-refractivity contribution in [2.45, 2.75) is 51.4 Å². The van der Waals surface area contributed by atoms with Crippen LogP contribution < -0.4 is 10.6 Å². The fraction of sp³-hybridized carbons (Fsp3) is 0.833. The van der Waals surface area contributed by atoms with Gasteiger partial charge in [0.05, 0.1) is 6.54 Å². The highest BCUT2D eigenvalue weighted by atomic mass is 32.2. The molecule has 104 valence electrons. The number of hydrogen-bond acceptors (Lipinski definition) is 6. The lowest BCUT2D eigenvalue weighted by Gasteiger charge is -2.21. The van der Waals surface area contributed by atoms with E-state index in [2.05, 4.69) is 61.7 Å². The molecule has 18 heavy (non-hydrogen) atoms. The van der Waals surface area contributed by atoms with Gasteiger partial charge in [-0.15, -0.1) is 5.10 Å². The quantitative estimate of drug-likeness (QED) is 0.829. The van der Waals surface area contributed by atoms with Crippen molar-refractivity contribution < 1.29 is 4.42 Å². The first-order chi connectivity index (χ1) is 8.22. The predicted octanol–water partition coefficient (Wildman–Crippen LogP) is 2.51. The van der Waals surface area contributed by atoms with E-state index in [9.17, 15) is 0 Å². The summed E-state index contributed by atoms with van der Waals surface area (Å²) >= 11 is 1.80. The van der Waals surface area contributed by atoms with E-state index in [-0.39, 0.29) is 10.3 Å². The molecule has 0 amide bonds. The van der Waals surface area contributed by atoms with E-state index >= 15 is 0 Å². The third-order valence-electron chi connectivity index (χ3n) is 2.45. The van der Waals surface area contributed by atoms with Crippen LogP contribution in [0.15, 0.2) is 4.42 Å². The van der Waals surface area contributed by atoms with Crippen molar-refractivity contribution in [2.75, 3.05) is 18.1 Å². The minimum atomic E-state index is 0.0445. The third-order valence-corrected chi connectivity index (χ3v) is 3.70. The zero-order valence-electron chi connectivity index (χ0n) is 12.1. The van der Waals surface area contributed by atoms with Gasteiger partial charge in [0.1, 0.15) is 0 Å². The van der Waals surface area contributed by atoms with Gasteiger partial charge in [-0.1, -0.05) is 5.10 Å². The largest absolute Gasteiger partial charge is 0.407 e. The molecule has 1 heterocycles.